The van der Waals surface area contributed by atoms with Gasteiger partial charge in [-0.15, -0.1) is 0 Å². The van der Waals surface area contributed by atoms with E-state index in [0.29, 0.717) is 0 Å². The van der Waals surface area contributed by atoms with E-state index in [-0.39, 0.29) is 6.03 Å². The standard InChI is InChI=1S/C16H24N4O/c1-18(2)14-5-3-13(4-6-14)17-16(21)20-11-9-19(10-12-20)15-7-8-15/h3-6,15H,7-12H2,1-2H3,(H,17,21). The van der Waals surface area contributed by atoms with Gasteiger partial charge in [-0.05, 0) is 37.1 Å². The van der Waals surface area contributed by atoms with Crippen molar-refractivity contribution in [3.05, 3.63) is 24.3 Å². The normalized spacial score (nSPS) is 19.4. The van der Waals surface area contributed by atoms with Gasteiger partial charge in [-0.3, -0.25) is 4.90 Å². The van der Waals surface area contributed by atoms with Gasteiger partial charge in [0.25, 0.3) is 0 Å². The highest BCUT2D eigenvalue weighted by Crippen LogP contribution is 2.27. The molecule has 0 atom stereocenters. The largest absolute Gasteiger partial charge is 0.378 e. The molecule has 1 saturated carbocycles. The van der Waals surface area contributed by atoms with Crippen LogP contribution in [0.1, 0.15) is 12.8 Å². The van der Waals surface area contributed by atoms with Gasteiger partial charge >= 0.3 is 6.03 Å². The van der Waals surface area contributed by atoms with Crippen LogP contribution in [0.25, 0.3) is 0 Å². The van der Waals surface area contributed by atoms with Gasteiger partial charge in [0.15, 0.2) is 0 Å². The van der Waals surface area contributed by atoms with Crippen LogP contribution in [-0.2, 0) is 0 Å². The Morgan fingerprint density at radius 3 is 2.24 bits per heavy atom. The smallest absolute Gasteiger partial charge is 0.321 e. The molecule has 5 nitrogen and oxygen atoms in total. The minimum atomic E-state index is 0.0167. The van der Waals surface area contributed by atoms with Gasteiger partial charge in [0.05, 0.1) is 0 Å². The summed E-state index contributed by atoms with van der Waals surface area (Å²) in [5.41, 5.74) is 1.99. The van der Waals surface area contributed by atoms with Gasteiger partial charge in [0.1, 0.15) is 0 Å². The first-order valence-electron chi connectivity index (χ1n) is 7.71. The SMILES string of the molecule is CN(C)c1ccc(NC(=O)N2CCN(C3CC3)CC2)cc1. The third-order valence-electron chi connectivity index (χ3n) is 4.30. The maximum atomic E-state index is 12.3. The molecule has 114 valence electrons. The number of piperazine rings is 1. The lowest BCUT2D eigenvalue weighted by atomic mass is 10.2. The van der Waals surface area contributed by atoms with Crippen LogP contribution in [0, 0.1) is 0 Å². The predicted octanol–water partition coefficient (Wildman–Crippen LogP) is 2.06. The second kappa shape index (κ2) is 5.93. The Morgan fingerprint density at radius 1 is 1.10 bits per heavy atom. The maximum absolute atomic E-state index is 12.3. The quantitative estimate of drug-likeness (QED) is 0.925. The number of anilines is 2. The molecule has 2 amide bonds. The molecular weight excluding hydrogens is 264 g/mol. The molecule has 0 radical (unpaired) electrons. The van der Waals surface area contributed by atoms with E-state index in [1.165, 1.54) is 12.8 Å². The number of amides is 2. The molecule has 1 aliphatic heterocycles. The van der Waals surface area contributed by atoms with Crippen molar-refractivity contribution in [3.63, 3.8) is 0 Å². The lowest BCUT2D eigenvalue weighted by molar-refractivity contribution is 0.142. The molecule has 0 aromatic heterocycles. The van der Waals surface area contributed by atoms with E-state index in [4.69, 9.17) is 0 Å². The van der Waals surface area contributed by atoms with Crippen molar-refractivity contribution in [2.24, 2.45) is 0 Å². The molecular formula is C16H24N4O. The summed E-state index contributed by atoms with van der Waals surface area (Å²) in [6.07, 6.45) is 2.68. The van der Waals surface area contributed by atoms with Crippen molar-refractivity contribution >= 4 is 17.4 Å². The summed E-state index contributed by atoms with van der Waals surface area (Å²) in [5, 5.41) is 2.99. The Balaban J connectivity index is 1.51. The Hall–Kier alpha value is -1.75. The van der Waals surface area contributed by atoms with Gasteiger partial charge < -0.3 is 15.1 Å². The highest BCUT2D eigenvalue weighted by atomic mass is 16.2. The molecule has 3 rings (SSSR count). The van der Waals surface area contributed by atoms with Crippen molar-refractivity contribution in [2.45, 2.75) is 18.9 Å². The van der Waals surface area contributed by atoms with Crippen LogP contribution in [-0.4, -0.2) is 62.1 Å². The number of rotatable bonds is 3. The Labute approximate surface area is 126 Å². The minimum Gasteiger partial charge on any atom is -0.378 e. The third-order valence-corrected chi connectivity index (χ3v) is 4.30. The van der Waals surface area contributed by atoms with Gasteiger partial charge in [0, 0.05) is 57.7 Å². The van der Waals surface area contributed by atoms with Crippen LogP contribution in [0.4, 0.5) is 16.2 Å². The molecule has 1 aromatic rings. The van der Waals surface area contributed by atoms with E-state index in [9.17, 15) is 4.79 Å². The second-order valence-corrected chi connectivity index (χ2v) is 6.13. The number of nitrogens with one attached hydrogen (secondary N) is 1. The summed E-state index contributed by atoms with van der Waals surface area (Å²) < 4.78 is 0. The van der Waals surface area contributed by atoms with Crippen LogP contribution < -0.4 is 10.2 Å². The topological polar surface area (TPSA) is 38.8 Å². The lowest BCUT2D eigenvalue weighted by Crippen LogP contribution is -2.50. The van der Waals surface area contributed by atoms with E-state index in [1.807, 2.05) is 48.2 Å². The first-order valence-corrected chi connectivity index (χ1v) is 7.71. The molecule has 21 heavy (non-hydrogen) atoms. The zero-order valence-electron chi connectivity index (χ0n) is 12.9. The number of nitrogens with zero attached hydrogens (tertiary/aromatic N) is 3. The molecule has 0 unspecified atom stereocenters. The van der Waals surface area contributed by atoms with E-state index >= 15 is 0 Å². The fourth-order valence-electron chi connectivity index (χ4n) is 2.78. The van der Waals surface area contributed by atoms with Gasteiger partial charge in [-0.25, -0.2) is 4.79 Å². The molecule has 1 saturated heterocycles. The fourth-order valence-corrected chi connectivity index (χ4v) is 2.78. The summed E-state index contributed by atoms with van der Waals surface area (Å²) >= 11 is 0. The molecule has 5 heteroatoms. The van der Waals surface area contributed by atoms with Gasteiger partial charge in [0.2, 0.25) is 0 Å². The van der Waals surface area contributed by atoms with Gasteiger partial charge in [-0.1, -0.05) is 0 Å². The Morgan fingerprint density at radius 2 is 1.71 bits per heavy atom. The zero-order chi connectivity index (χ0) is 14.8. The van der Waals surface area contributed by atoms with E-state index in [2.05, 4.69) is 10.2 Å². The third kappa shape index (κ3) is 3.47. The number of benzene rings is 1. The molecule has 2 fully saturated rings. The van der Waals surface area contributed by atoms with Crippen molar-refractivity contribution < 1.29 is 4.79 Å². The monoisotopic (exact) mass is 288 g/mol. The predicted molar refractivity (Wildman–Crippen MR) is 86.0 cm³/mol. The number of hydrogen-bond acceptors (Lipinski definition) is 3. The van der Waals surface area contributed by atoms with Crippen molar-refractivity contribution in [1.82, 2.24) is 9.80 Å². The fraction of sp³-hybridized carbons (Fsp3) is 0.562. The summed E-state index contributed by atoms with van der Waals surface area (Å²) in [6, 6.07) is 8.75. The minimum absolute atomic E-state index is 0.0167. The molecule has 1 aliphatic carbocycles. The summed E-state index contributed by atoms with van der Waals surface area (Å²) in [4.78, 5) is 18.7. The summed E-state index contributed by atoms with van der Waals surface area (Å²) in [7, 11) is 4.01. The molecule has 2 aliphatic rings. The van der Waals surface area contributed by atoms with E-state index in [1.54, 1.807) is 0 Å². The molecule has 0 bridgehead atoms. The van der Waals surface area contributed by atoms with Crippen LogP contribution in [0.2, 0.25) is 0 Å². The average Bonchev–Trinajstić information content (AvgIpc) is 3.32. The zero-order valence-corrected chi connectivity index (χ0v) is 12.9. The highest BCUT2D eigenvalue weighted by molar-refractivity contribution is 5.89. The number of carbonyl (C=O) groups is 1. The number of urea groups is 1. The molecule has 1 aromatic carbocycles. The first kappa shape index (κ1) is 14.2. The average molecular weight is 288 g/mol. The Bertz CT molecular complexity index is 488. The lowest BCUT2D eigenvalue weighted by Gasteiger charge is -2.34. The highest BCUT2D eigenvalue weighted by Gasteiger charge is 2.32. The first-order chi connectivity index (χ1) is 10.1. The number of carbonyl (C=O) groups excluding carboxylic acids is 1. The van der Waals surface area contributed by atoms with Crippen molar-refractivity contribution in [3.8, 4) is 0 Å². The van der Waals surface area contributed by atoms with Crippen LogP contribution in [0.3, 0.4) is 0 Å². The summed E-state index contributed by atoms with van der Waals surface area (Å²) in [5.74, 6) is 0. The molecule has 1 heterocycles. The van der Waals surface area contributed by atoms with Crippen LogP contribution in [0.5, 0.6) is 0 Å². The van der Waals surface area contributed by atoms with E-state index < -0.39 is 0 Å². The molecule has 0 spiro atoms. The van der Waals surface area contributed by atoms with Gasteiger partial charge in [-0.2, -0.15) is 0 Å². The molecule has 1 N–H and O–H groups in total. The maximum Gasteiger partial charge on any atom is 0.321 e. The van der Waals surface area contributed by atoms with Crippen LogP contribution >= 0.6 is 0 Å². The van der Waals surface area contributed by atoms with Crippen molar-refractivity contribution in [1.29, 1.82) is 0 Å². The second-order valence-electron chi connectivity index (χ2n) is 6.13. The van der Waals surface area contributed by atoms with Crippen LogP contribution in [0.15, 0.2) is 24.3 Å². The summed E-state index contributed by atoms with van der Waals surface area (Å²) in [6.45, 7) is 3.69. The Kier molecular flexibility index (Phi) is 4.01. The van der Waals surface area contributed by atoms with Crippen molar-refractivity contribution in [2.75, 3.05) is 50.5 Å². The van der Waals surface area contributed by atoms with E-state index in [0.717, 1.165) is 43.6 Å². The number of hydrogen-bond donors (Lipinski definition) is 1.